The van der Waals surface area contributed by atoms with Crippen molar-refractivity contribution in [2.75, 3.05) is 18.0 Å². The van der Waals surface area contributed by atoms with Gasteiger partial charge in [-0.1, -0.05) is 23.2 Å². The van der Waals surface area contributed by atoms with Crippen molar-refractivity contribution in [1.29, 1.82) is 0 Å². The summed E-state index contributed by atoms with van der Waals surface area (Å²) in [5.41, 5.74) is 0.409. The van der Waals surface area contributed by atoms with E-state index in [0.717, 1.165) is 0 Å². The van der Waals surface area contributed by atoms with E-state index < -0.39 is 4.92 Å². The molecule has 1 aliphatic heterocycles. The van der Waals surface area contributed by atoms with E-state index in [2.05, 4.69) is 0 Å². The third kappa shape index (κ3) is 3.04. The number of ketones is 1. The summed E-state index contributed by atoms with van der Waals surface area (Å²) in [6.45, 7) is 2.79. The fourth-order valence-electron chi connectivity index (χ4n) is 2.45. The van der Waals surface area contributed by atoms with Crippen LogP contribution in [0, 0.1) is 16.0 Å². The van der Waals surface area contributed by atoms with E-state index in [1.807, 2.05) is 4.90 Å². The first-order chi connectivity index (χ1) is 9.40. The molecule has 0 N–H and O–H groups in total. The van der Waals surface area contributed by atoms with Crippen LogP contribution in [0.15, 0.2) is 12.1 Å². The number of hydrogen-bond acceptors (Lipinski definition) is 4. The Hall–Kier alpha value is -1.33. The molecular formula is C13H14Cl2N2O3. The van der Waals surface area contributed by atoms with Gasteiger partial charge in [-0.15, -0.1) is 0 Å². The smallest absolute Gasteiger partial charge is 0.294 e. The molecule has 1 aromatic rings. The number of halogens is 2. The summed E-state index contributed by atoms with van der Waals surface area (Å²) < 4.78 is 0. The molecule has 108 valence electrons. The zero-order chi connectivity index (χ0) is 14.9. The van der Waals surface area contributed by atoms with Crippen molar-refractivity contribution in [1.82, 2.24) is 0 Å². The summed E-state index contributed by atoms with van der Waals surface area (Å²) in [5.74, 6) is 0.223. The molecule has 5 nitrogen and oxygen atoms in total. The number of hydrogen-bond donors (Lipinski definition) is 0. The molecule has 1 heterocycles. The summed E-state index contributed by atoms with van der Waals surface area (Å²) in [7, 11) is 0. The van der Waals surface area contributed by atoms with Crippen molar-refractivity contribution >= 4 is 40.4 Å². The van der Waals surface area contributed by atoms with Crippen LogP contribution in [0.2, 0.25) is 10.0 Å². The Labute approximate surface area is 126 Å². The molecule has 1 saturated heterocycles. The van der Waals surface area contributed by atoms with Crippen LogP contribution in [0.3, 0.4) is 0 Å². The van der Waals surface area contributed by atoms with Gasteiger partial charge in [0.2, 0.25) is 0 Å². The van der Waals surface area contributed by atoms with Gasteiger partial charge in [0.05, 0.1) is 15.0 Å². The van der Waals surface area contributed by atoms with E-state index in [-0.39, 0.29) is 22.4 Å². The van der Waals surface area contributed by atoms with Gasteiger partial charge in [0.15, 0.2) is 0 Å². The van der Waals surface area contributed by atoms with Crippen LogP contribution in [-0.2, 0) is 4.79 Å². The number of benzene rings is 1. The highest BCUT2D eigenvalue weighted by Gasteiger charge is 2.27. The van der Waals surface area contributed by atoms with E-state index in [1.165, 1.54) is 12.1 Å². The van der Waals surface area contributed by atoms with Crippen LogP contribution in [-0.4, -0.2) is 23.8 Å². The molecule has 1 fully saturated rings. The molecule has 0 unspecified atom stereocenters. The van der Waals surface area contributed by atoms with E-state index in [1.54, 1.807) is 6.92 Å². The molecule has 0 bridgehead atoms. The van der Waals surface area contributed by atoms with Crippen molar-refractivity contribution in [2.45, 2.75) is 19.8 Å². The molecule has 7 heteroatoms. The van der Waals surface area contributed by atoms with E-state index >= 15 is 0 Å². The Morgan fingerprint density at radius 3 is 2.35 bits per heavy atom. The predicted octanol–water partition coefficient (Wildman–Crippen LogP) is 3.71. The van der Waals surface area contributed by atoms with Gasteiger partial charge in [-0.3, -0.25) is 14.9 Å². The molecule has 0 aliphatic carbocycles. The maximum atomic E-state index is 11.4. The lowest BCUT2D eigenvalue weighted by molar-refractivity contribution is -0.384. The summed E-state index contributed by atoms with van der Waals surface area (Å²) in [6.07, 6.45) is 1.40. The second kappa shape index (κ2) is 5.97. The number of piperidine rings is 1. The Morgan fingerprint density at radius 2 is 1.85 bits per heavy atom. The van der Waals surface area contributed by atoms with Crippen molar-refractivity contribution in [3.05, 3.63) is 32.3 Å². The lowest BCUT2D eigenvalue weighted by Crippen LogP contribution is -2.36. The molecular weight excluding hydrogens is 303 g/mol. The first-order valence-electron chi connectivity index (χ1n) is 6.29. The lowest BCUT2D eigenvalue weighted by atomic mass is 9.93. The molecule has 20 heavy (non-hydrogen) atoms. The lowest BCUT2D eigenvalue weighted by Gasteiger charge is -2.32. The number of anilines is 1. The van der Waals surface area contributed by atoms with Crippen molar-refractivity contribution < 1.29 is 9.72 Å². The zero-order valence-corrected chi connectivity index (χ0v) is 12.4. The third-order valence-electron chi connectivity index (χ3n) is 3.62. The highest BCUT2D eigenvalue weighted by Crippen LogP contribution is 2.37. The Morgan fingerprint density at radius 1 is 1.30 bits per heavy atom. The van der Waals surface area contributed by atoms with Gasteiger partial charge in [0, 0.05) is 25.1 Å². The van der Waals surface area contributed by atoms with Gasteiger partial charge >= 0.3 is 0 Å². The average molecular weight is 317 g/mol. The molecule has 0 saturated carbocycles. The number of Topliss-reactive ketones (excluding diaryl/α,β-unsaturated/α-hetero) is 1. The van der Waals surface area contributed by atoms with E-state index in [9.17, 15) is 14.9 Å². The monoisotopic (exact) mass is 316 g/mol. The summed E-state index contributed by atoms with van der Waals surface area (Å²) in [5, 5.41) is 11.6. The molecule has 1 aromatic carbocycles. The minimum Gasteiger partial charge on any atom is -0.366 e. The normalized spacial score (nSPS) is 16.2. The summed E-state index contributed by atoms with van der Waals surface area (Å²) >= 11 is 11.8. The number of nitrogens with zero attached hydrogens (tertiary/aromatic N) is 2. The Bertz CT molecular complexity index is 555. The fraction of sp³-hybridized carbons (Fsp3) is 0.462. The topological polar surface area (TPSA) is 63.5 Å². The van der Waals surface area contributed by atoms with Crippen molar-refractivity contribution in [3.63, 3.8) is 0 Å². The van der Waals surface area contributed by atoms with Gasteiger partial charge in [0.25, 0.3) is 5.69 Å². The zero-order valence-electron chi connectivity index (χ0n) is 10.9. The van der Waals surface area contributed by atoms with Crippen LogP contribution in [0.5, 0.6) is 0 Å². The van der Waals surface area contributed by atoms with Gasteiger partial charge in [-0.2, -0.15) is 0 Å². The van der Waals surface area contributed by atoms with Crippen LogP contribution < -0.4 is 4.90 Å². The molecule has 0 atom stereocenters. The fourth-order valence-corrected chi connectivity index (χ4v) is 2.77. The number of carbonyl (C=O) groups is 1. The largest absolute Gasteiger partial charge is 0.366 e. The van der Waals surface area contributed by atoms with Crippen molar-refractivity contribution in [3.8, 4) is 0 Å². The second-order valence-electron chi connectivity index (χ2n) is 4.88. The number of nitro groups is 1. The predicted molar refractivity (Wildman–Crippen MR) is 78.7 cm³/mol. The van der Waals surface area contributed by atoms with Gasteiger partial charge < -0.3 is 4.90 Å². The third-order valence-corrected chi connectivity index (χ3v) is 4.35. The van der Waals surface area contributed by atoms with Gasteiger partial charge in [-0.05, 0) is 25.8 Å². The van der Waals surface area contributed by atoms with Crippen LogP contribution >= 0.6 is 23.2 Å². The average Bonchev–Trinajstić information content (AvgIpc) is 2.41. The highest BCUT2D eigenvalue weighted by atomic mass is 35.5. The van der Waals surface area contributed by atoms with Crippen LogP contribution in [0.4, 0.5) is 11.4 Å². The molecule has 1 aliphatic rings. The molecule has 0 aromatic heterocycles. The molecule has 0 radical (unpaired) electrons. The SMILES string of the molecule is CC(=O)C1CCN(c2cc(Cl)c(Cl)cc2[N+](=O)[O-])CC1. The molecule has 0 amide bonds. The Kier molecular flexibility index (Phi) is 4.50. The maximum Gasteiger partial charge on any atom is 0.294 e. The van der Waals surface area contributed by atoms with Gasteiger partial charge in [-0.25, -0.2) is 0 Å². The number of nitro benzene ring substituents is 1. The minimum absolute atomic E-state index is 0.0491. The second-order valence-corrected chi connectivity index (χ2v) is 5.70. The van der Waals surface area contributed by atoms with E-state index in [4.69, 9.17) is 23.2 Å². The first-order valence-corrected chi connectivity index (χ1v) is 7.04. The molecule has 2 rings (SSSR count). The standard InChI is InChI=1S/C13H14Cl2N2O3/c1-8(18)9-2-4-16(5-3-9)12-6-10(14)11(15)7-13(12)17(19)20/h6-7,9H,2-5H2,1H3. The first kappa shape index (κ1) is 15.1. The summed E-state index contributed by atoms with van der Waals surface area (Å²) in [4.78, 5) is 23.9. The Balaban J connectivity index is 2.27. The van der Waals surface area contributed by atoms with E-state index in [0.29, 0.717) is 36.6 Å². The highest BCUT2D eigenvalue weighted by molar-refractivity contribution is 6.42. The van der Waals surface area contributed by atoms with Crippen molar-refractivity contribution in [2.24, 2.45) is 5.92 Å². The number of rotatable bonds is 3. The molecule has 0 spiro atoms. The van der Waals surface area contributed by atoms with Gasteiger partial charge in [0.1, 0.15) is 11.5 Å². The number of carbonyl (C=O) groups excluding carboxylic acids is 1. The minimum atomic E-state index is -0.464. The van der Waals surface area contributed by atoms with Crippen LogP contribution in [0.25, 0.3) is 0 Å². The quantitative estimate of drug-likeness (QED) is 0.630. The van der Waals surface area contributed by atoms with Crippen LogP contribution in [0.1, 0.15) is 19.8 Å². The maximum absolute atomic E-state index is 11.4. The summed E-state index contributed by atoms with van der Waals surface area (Å²) in [6, 6.07) is 2.80.